The van der Waals surface area contributed by atoms with Crippen LogP contribution < -0.4 is 15.8 Å². The molecule has 1 rings (SSSR count). The molecule has 0 aliphatic carbocycles. The second kappa shape index (κ2) is 7.34. The zero-order chi connectivity index (χ0) is 15.2. The standard InChI is InChI=1S/C12H19N3O4S/c1-14-20(17,18)11-6-4-3-5-10(11)15-12(16)9(13)7-8-19-2/h3-6,9,14H,7-8,13H2,1-2H3,(H,15,16). The third-order valence-electron chi connectivity index (χ3n) is 2.67. The van der Waals surface area contributed by atoms with Gasteiger partial charge in [-0.3, -0.25) is 4.79 Å². The number of para-hydroxylation sites is 1. The number of anilines is 1. The molecule has 1 atom stereocenters. The SMILES string of the molecule is CNS(=O)(=O)c1ccccc1NC(=O)C(N)CCOC. The highest BCUT2D eigenvalue weighted by Gasteiger charge is 2.19. The molecule has 1 aromatic rings. The van der Waals surface area contributed by atoms with Crippen molar-refractivity contribution in [2.75, 3.05) is 26.1 Å². The van der Waals surface area contributed by atoms with Crippen molar-refractivity contribution < 1.29 is 17.9 Å². The largest absolute Gasteiger partial charge is 0.385 e. The zero-order valence-electron chi connectivity index (χ0n) is 11.4. The fourth-order valence-electron chi connectivity index (χ4n) is 1.52. The van der Waals surface area contributed by atoms with Crippen LogP contribution in [0.25, 0.3) is 0 Å². The van der Waals surface area contributed by atoms with E-state index in [0.29, 0.717) is 13.0 Å². The van der Waals surface area contributed by atoms with Crippen LogP contribution in [0.3, 0.4) is 0 Å². The van der Waals surface area contributed by atoms with E-state index in [1.807, 2.05) is 0 Å². The Morgan fingerprint density at radius 2 is 2.05 bits per heavy atom. The van der Waals surface area contributed by atoms with Crippen molar-refractivity contribution in [3.63, 3.8) is 0 Å². The molecule has 0 heterocycles. The van der Waals surface area contributed by atoms with Gasteiger partial charge in [-0.1, -0.05) is 12.1 Å². The predicted molar refractivity (Wildman–Crippen MR) is 75.8 cm³/mol. The van der Waals surface area contributed by atoms with Crippen molar-refractivity contribution >= 4 is 21.6 Å². The van der Waals surface area contributed by atoms with Crippen LogP contribution >= 0.6 is 0 Å². The second-order valence-corrected chi connectivity index (χ2v) is 5.94. The number of rotatable bonds is 7. The third-order valence-corrected chi connectivity index (χ3v) is 4.15. The summed E-state index contributed by atoms with van der Waals surface area (Å²) in [6.07, 6.45) is 0.350. The number of nitrogens with two attached hydrogens (primary N) is 1. The van der Waals surface area contributed by atoms with Gasteiger partial charge in [0.05, 0.1) is 11.7 Å². The Bertz CT molecular complexity index is 560. The topological polar surface area (TPSA) is 111 Å². The van der Waals surface area contributed by atoms with Gasteiger partial charge >= 0.3 is 0 Å². The molecule has 0 spiro atoms. The number of ether oxygens (including phenoxy) is 1. The normalized spacial score (nSPS) is 12.9. The van der Waals surface area contributed by atoms with Gasteiger partial charge in [0.2, 0.25) is 15.9 Å². The minimum Gasteiger partial charge on any atom is -0.385 e. The molecule has 0 aliphatic heterocycles. The van der Waals surface area contributed by atoms with Crippen LogP contribution in [0.2, 0.25) is 0 Å². The number of benzene rings is 1. The van der Waals surface area contributed by atoms with E-state index < -0.39 is 22.0 Å². The van der Waals surface area contributed by atoms with Crippen molar-refractivity contribution in [2.24, 2.45) is 5.73 Å². The molecule has 0 fully saturated rings. The summed E-state index contributed by atoms with van der Waals surface area (Å²) in [5.41, 5.74) is 5.88. The lowest BCUT2D eigenvalue weighted by molar-refractivity contribution is -0.117. The Balaban J connectivity index is 2.91. The summed E-state index contributed by atoms with van der Waals surface area (Å²) in [5.74, 6) is -0.458. The number of hydrogen-bond acceptors (Lipinski definition) is 5. The lowest BCUT2D eigenvalue weighted by Gasteiger charge is -2.14. The molecule has 0 bridgehead atoms. The van der Waals surface area contributed by atoms with Crippen molar-refractivity contribution in [1.82, 2.24) is 4.72 Å². The van der Waals surface area contributed by atoms with Crippen LogP contribution in [0.5, 0.6) is 0 Å². The smallest absolute Gasteiger partial charge is 0.242 e. The number of sulfonamides is 1. The van der Waals surface area contributed by atoms with Gasteiger partial charge in [0.1, 0.15) is 4.90 Å². The molecule has 4 N–H and O–H groups in total. The molecule has 8 heteroatoms. The zero-order valence-corrected chi connectivity index (χ0v) is 12.2. The first kappa shape index (κ1) is 16.6. The van der Waals surface area contributed by atoms with Gasteiger partial charge in [-0.25, -0.2) is 13.1 Å². The van der Waals surface area contributed by atoms with Gasteiger partial charge in [-0.05, 0) is 25.6 Å². The Labute approximate surface area is 118 Å². The Morgan fingerprint density at radius 3 is 2.65 bits per heavy atom. The Hall–Kier alpha value is -1.48. The van der Waals surface area contributed by atoms with Gasteiger partial charge in [-0.15, -0.1) is 0 Å². The van der Waals surface area contributed by atoms with E-state index >= 15 is 0 Å². The average Bonchev–Trinajstić information content (AvgIpc) is 2.45. The maximum Gasteiger partial charge on any atom is 0.242 e. The minimum atomic E-state index is -3.65. The van der Waals surface area contributed by atoms with Gasteiger partial charge in [0, 0.05) is 13.7 Å². The van der Waals surface area contributed by atoms with Crippen LogP contribution in [-0.2, 0) is 19.6 Å². The van der Waals surface area contributed by atoms with Crippen molar-refractivity contribution in [2.45, 2.75) is 17.4 Å². The van der Waals surface area contributed by atoms with Gasteiger partial charge in [0.25, 0.3) is 0 Å². The van der Waals surface area contributed by atoms with E-state index in [1.54, 1.807) is 12.1 Å². The summed E-state index contributed by atoms with van der Waals surface area (Å²) in [5, 5.41) is 2.52. The average molecular weight is 301 g/mol. The predicted octanol–water partition coefficient (Wildman–Crippen LogP) is -0.103. The monoisotopic (exact) mass is 301 g/mol. The van der Waals surface area contributed by atoms with E-state index in [9.17, 15) is 13.2 Å². The molecule has 1 aromatic carbocycles. The maximum absolute atomic E-state index is 11.9. The summed E-state index contributed by atoms with van der Waals surface area (Å²) in [6.45, 7) is 0.352. The highest BCUT2D eigenvalue weighted by Crippen LogP contribution is 2.20. The van der Waals surface area contributed by atoms with E-state index in [1.165, 1.54) is 26.3 Å². The van der Waals surface area contributed by atoms with Crippen LogP contribution in [0.1, 0.15) is 6.42 Å². The molecule has 1 unspecified atom stereocenters. The molecular weight excluding hydrogens is 282 g/mol. The van der Waals surface area contributed by atoms with E-state index in [-0.39, 0.29) is 10.6 Å². The number of nitrogens with one attached hydrogen (secondary N) is 2. The van der Waals surface area contributed by atoms with Crippen molar-refractivity contribution in [3.8, 4) is 0 Å². The molecule has 0 saturated carbocycles. The van der Waals surface area contributed by atoms with E-state index in [2.05, 4.69) is 10.0 Å². The number of carbonyl (C=O) groups is 1. The van der Waals surface area contributed by atoms with Gasteiger partial charge in [0.15, 0.2) is 0 Å². The summed E-state index contributed by atoms with van der Waals surface area (Å²) >= 11 is 0. The second-order valence-electron chi connectivity index (χ2n) is 4.08. The molecule has 112 valence electrons. The number of amides is 1. The van der Waals surface area contributed by atoms with Crippen LogP contribution in [0.4, 0.5) is 5.69 Å². The van der Waals surface area contributed by atoms with Crippen LogP contribution in [0, 0.1) is 0 Å². The fraction of sp³-hybridized carbons (Fsp3) is 0.417. The molecule has 20 heavy (non-hydrogen) atoms. The van der Waals surface area contributed by atoms with E-state index in [4.69, 9.17) is 10.5 Å². The van der Waals surface area contributed by atoms with Crippen molar-refractivity contribution in [1.29, 1.82) is 0 Å². The van der Waals surface area contributed by atoms with Crippen molar-refractivity contribution in [3.05, 3.63) is 24.3 Å². The quantitative estimate of drug-likeness (QED) is 0.651. The first-order valence-corrected chi connectivity index (χ1v) is 7.48. The molecule has 7 nitrogen and oxygen atoms in total. The minimum absolute atomic E-state index is 0.00482. The highest BCUT2D eigenvalue weighted by molar-refractivity contribution is 7.89. The first-order valence-electron chi connectivity index (χ1n) is 6.00. The molecule has 0 aromatic heterocycles. The Morgan fingerprint density at radius 1 is 1.40 bits per heavy atom. The van der Waals surface area contributed by atoms with E-state index in [0.717, 1.165) is 0 Å². The maximum atomic E-state index is 11.9. The number of hydrogen-bond donors (Lipinski definition) is 3. The summed E-state index contributed by atoms with van der Waals surface area (Å²) in [6, 6.07) is 5.35. The number of carbonyl (C=O) groups excluding carboxylic acids is 1. The fourth-order valence-corrected chi connectivity index (χ4v) is 2.40. The molecule has 0 saturated heterocycles. The van der Waals surface area contributed by atoms with Gasteiger partial charge < -0.3 is 15.8 Å². The Kier molecular flexibility index (Phi) is 6.08. The summed E-state index contributed by atoms with van der Waals surface area (Å²) in [7, 11) is -0.830. The molecule has 0 radical (unpaired) electrons. The highest BCUT2D eigenvalue weighted by atomic mass is 32.2. The molecule has 1 amide bonds. The first-order chi connectivity index (χ1) is 9.42. The third kappa shape index (κ3) is 4.27. The number of methoxy groups -OCH3 is 1. The van der Waals surface area contributed by atoms with Gasteiger partial charge in [-0.2, -0.15) is 0 Å². The van der Waals surface area contributed by atoms with Crippen LogP contribution in [0.15, 0.2) is 29.2 Å². The lowest BCUT2D eigenvalue weighted by Crippen LogP contribution is -2.37. The summed E-state index contributed by atoms with van der Waals surface area (Å²) in [4.78, 5) is 11.9. The molecular formula is C12H19N3O4S. The van der Waals surface area contributed by atoms with Crippen LogP contribution in [-0.4, -0.2) is 41.1 Å². The molecule has 0 aliphatic rings. The summed E-state index contributed by atoms with van der Waals surface area (Å²) < 4.78 is 30.7. The lowest BCUT2D eigenvalue weighted by atomic mass is 10.2.